The molecule has 0 saturated heterocycles. The van der Waals surface area contributed by atoms with Gasteiger partial charge in [-0.1, -0.05) is 24.2 Å². The van der Waals surface area contributed by atoms with E-state index in [0.717, 1.165) is 0 Å². The van der Waals surface area contributed by atoms with Gasteiger partial charge in [0.2, 0.25) is 0 Å². The van der Waals surface area contributed by atoms with Gasteiger partial charge >= 0.3 is 0 Å². The molecular formula is C19H19ClFN3O2. The molecule has 0 saturated carbocycles. The number of halogens is 2. The van der Waals surface area contributed by atoms with Crippen LogP contribution in [0.25, 0.3) is 17.2 Å². The number of β-amino-alcohol motifs (C(OH)–C–C–N with tert-alkyl or cyclic N) is 1. The van der Waals surface area contributed by atoms with Crippen LogP contribution in [0.4, 0.5) is 10.1 Å². The van der Waals surface area contributed by atoms with E-state index in [4.69, 9.17) is 11.6 Å². The van der Waals surface area contributed by atoms with E-state index < -0.39 is 5.82 Å². The lowest BCUT2D eigenvalue weighted by molar-refractivity contribution is 0.0569. The molecule has 2 aromatic rings. The predicted molar refractivity (Wildman–Crippen MR) is 102 cm³/mol. The third-order valence-corrected chi connectivity index (χ3v) is 4.93. The van der Waals surface area contributed by atoms with Crippen LogP contribution in [-0.4, -0.2) is 46.4 Å². The Morgan fingerprint density at radius 2 is 2.23 bits per heavy atom. The summed E-state index contributed by atoms with van der Waals surface area (Å²) < 4.78 is 15.9. The SMILES string of the molecule is C=Cc1c(N=C)c(-c2ccc(Cl)c(F)c2)c2n1C[C@@H](C)N(CCO)C2=O. The van der Waals surface area contributed by atoms with Gasteiger partial charge in [0.05, 0.1) is 23.0 Å². The molecule has 1 aromatic heterocycles. The summed E-state index contributed by atoms with van der Waals surface area (Å²) in [5.41, 5.74) is 2.49. The molecule has 1 aromatic carbocycles. The van der Waals surface area contributed by atoms with Crippen LogP contribution in [0.1, 0.15) is 23.1 Å². The molecule has 0 fully saturated rings. The molecule has 7 heteroatoms. The molecule has 0 aliphatic carbocycles. The number of aliphatic hydroxyl groups excluding tert-OH is 1. The van der Waals surface area contributed by atoms with E-state index in [2.05, 4.69) is 18.3 Å². The Morgan fingerprint density at radius 1 is 1.50 bits per heavy atom. The van der Waals surface area contributed by atoms with Crippen LogP contribution in [0.3, 0.4) is 0 Å². The third kappa shape index (κ3) is 2.75. The van der Waals surface area contributed by atoms with Crippen LogP contribution in [0.2, 0.25) is 5.02 Å². The highest BCUT2D eigenvalue weighted by molar-refractivity contribution is 6.30. The third-order valence-electron chi connectivity index (χ3n) is 4.62. The van der Waals surface area contributed by atoms with Crippen LogP contribution in [0, 0.1) is 5.82 Å². The van der Waals surface area contributed by atoms with Crippen molar-refractivity contribution in [2.75, 3.05) is 13.2 Å². The minimum Gasteiger partial charge on any atom is -0.395 e. The number of nitrogens with zero attached hydrogens (tertiary/aromatic N) is 3. The molecule has 1 atom stereocenters. The quantitative estimate of drug-likeness (QED) is 0.809. The van der Waals surface area contributed by atoms with Gasteiger partial charge in [-0.05, 0) is 37.4 Å². The van der Waals surface area contributed by atoms with Crippen molar-refractivity contribution < 1.29 is 14.3 Å². The summed E-state index contributed by atoms with van der Waals surface area (Å²) in [5.74, 6) is -0.829. The van der Waals surface area contributed by atoms with Crippen LogP contribution in [0.15, 0.2) is 29.8 Å². The Balaban J connectivity index is 2.31. The number of fused-ring (bicyclic) bond motifs is 1. The molecule has 1 amide bonds. The second-order valence-electron chi connectivity index (χ2n) is 6.13. The summed E-state index contributed by atoms with van der Waals surface area (Å²) in [4.78, 5) is 18.8. The first-order valence-corrected chi connectivity index (χ1v) is 8.55. The van der Waals surface area contributed by atoms with Gasteiger partial charge in [-0.15, -0.1) is 0 Å². The van der Waals surface area contributed by atoms with Crippen LogP contribution in [0.5, 0.6) is 0 Å². The summed E-state index contributed by atoms with van der Waals surface area (Å²) >= 11 is 5.79. The van der Waals surface area contributed by atoms with Crippen LogP contribution >= 0.6 is 11.6 Å². The molecule has 0 unspecified atom stereocenters. The standard InChI is InChI=1S/C19H19ClFN3O2/c1-4-15-17(22-3)16(12-5-6-13(20)14(21)9-12)18-19(26)23(7-8-25)11(2)10-24(15)18/h4-6,9,11,25H,1,3,7-8,10H2,2H3/t11-/m1/s1. The van der Waals surface area contributed by atoms with Crippen molar-refractivity contribution in [2.45, 2.75) is 19.5 Å². The first-order valence-electron chi connectivity index (χ1n) is 8.17. The zero-order valence-electron chi connectivity index (χ0n) is 14.4. The van der Waals surface area contributed by atoms with Crippen molar-refractivity contribution in [1.82, 2.24) is 9.47 Å². The molecular weight excluding hydrogens is 357 g/mol. The Hall–Kier alpha value is -2.44. The van der Waals surface area contributed by atoms with Crippen molar-refractivity contribution in [3.8, 4) is 11.1 Å². The van der Waals surface area contributed by atoms with E-state index in [0.29, 0.717) is 34.7 Å². The topological polar surface area (TPSA) is 57.8 Å². The highest BCUT2D eigenvalue weighted by Crippen LogP contribution is 2.42. The number of rotatable bonds is 5. The fourth-order valence-corrected chi connectivity index (χ4v) is 3.57. The first kappa shape index (κ1) is 18.4. The number of benzene rings is 1. The Bertz CT molecular complexity index is 907. The van der Waals surface area contributed by atoms with Crippen molar-refractivity contribution >= 4 is 36.0 Å². The molecule has 1 N–H and O–H groups in total. The zero-order valence-corrected chi connectivity index (χ0v) is 15.1. The van der Waals surface area contributed by atoms with Gasteiger partial charge in [0, 0.05) is 24.7 Å². The predicted octanol–water partition coefficient (Wildman–Crippen LogP) is 3.76. The smallest absolute Gasteiger partial charge is 0.271 e. The zero-order chi connectivity index (χ0) is 19.0. The fourth-order valence-electron chi connectivity index (χ4n) is 3.46. The summed E-state index contributed by atoms with van der Waals surface area (Å²) in [6, 6.07) is 4.26. The lowest BCUT2D eigenvalue weighted by atomic mass is 10.0. The monoisotopic (exact) mass is 375 g/mol. The maximum Gasteiger partial charge on any atom is 0.271 e. The molecule has 3 rings (SSSR count). The number of aliphatic hydroxyl groups is 1. The molecule has 136 valence electrons. The first-order chi connectivity index (χ1) is 12.4. The minimum absolute atomic E-state index is 0.000684. The molecule has 5 nitrogen and oxygen atoms in total. The lowest BCUT2D eigenvalue weighted by Crippen LogP contribution is -2.47. The number of hydrogen-bond donors (Lipinski definition) is 1. The lowest BCUT2D eigenvalue weighted by Gasteiger charge is -2.35. The minimum atomic E-state index is -0.580. The van der Waals surface area contributed by atoms with Gasteiger partial charge in [0.15, 0.2) is 0 Å². The molecule has 1 aliphatic heterocycles. The summed E-state index contributed by atoms with van der Waals surface area (Å²) in [6.45, 7) is 9.95. The van der Waals surface area contributed by atoms with Gasteiger partial charge in [0.25, 0.3) is 5.91 Å². The van der Waals surface area contributed by atoms with E-state index in [1.807, 2.05) is 11.5 Å². The number of aliphatic imine (C=N–C) groups is 1. The fraction of sp³-hybridized carbons (Fsp3) is 0.263. The molecule has 26 heavy (non-hydrogen) atoms. The number of carbonyl (C=O) groups excluding carboxylic acids is 1. The van der Waals surface area contributed by atoms with E-state index in [1.165, 1.54) is 12.1 Å². The Labute approximate surface area is 156 Å². The number of aromatic nitrogens is 1. The average Bonchev–Trinajstić information content (AvgIpc) is 2.94. The Kier molecular flexibility index (Phi) is 4.98. The van der Waals surface area contributed by atoms with E-state index in [-0.39, 0.29) is 30.1 Å². The molecule has 0 radical (unpaired) electrons. The maximum atomic E-state index is 14.0. The van der Waals surface area contributed by atoms with Crippen molar-refractivity contribution in [2.24, 2.45) is 4.99 Å². The highest BCUT2D eigenvalue weighted by atomic mass is 35.5. The van der Waals surface area contributed by atoms with Gasteiger partial charge in [-0.3, -0.25) is 9.79 Å². The normalized spacial score (nSPS) is 16.5. The highest BCUT2D eigenvalue weighted by Gasteiger charge is 2.36. The number of amides is 1. The molecule has 1 aliphatic rings. The number of carbonyl (C=O) groups is 1. The summed E-state index contributed by atoms with van der Waals surface area (Å²) in [7, 11) is 0. The Morgan fingerprint density at radius 3 is 2.81 bits per heavy atom. The van der Waals surface area contributed by atoms with E-state index in [1.54, 1.807) is 17.0 Å². The maximum absolute atomic E-state index is 14.0. The molecule has 0 bridgehead atoms. The summed E-state index contributed by atoms with van der Waals surface area (Å²) in [5, 5.41) is 9.30. The van der Waals surface area contributed by atoms with E-state index >= 15 is 0 Å². The van der Waals surface area contributed by atoms with Gasteiger partial charge in [0.1, 0.15) is 11.5 Å². The van der Waals surface area contributed by atoms with Crippen LogP contribution < -0.4 is 0 Å². The molecule has 0 spiro atoms. The van der Waals surface area contributed by atoms with Gasteiger partial charge in [-0.2, -0.15) is 0 Å². The van der Waals surface area contributed by atoms with Crippen molar-refractivity contribution in [3.63, 3.8) is 0 Å². The van der Waals surface area contributed by atoms with Gasteiger partial charge in [-0.25, -0.2) is 4.39 Å². The van der Waals surface area contributed by atoms with Crippen LogP contribution in [-0.2, 0) is 6.54 Å². The molecule has 2 heterocycles. The van der Waals surface area contributed by atoms with Gasteiger partial charge < -0.3 is 14.6 Å². The average molecular weight is 376 g/mol. The second kappa shape index (κ2) is 7.05. The van der Waals surface area contributed by atoms with E-state index in [9.17, 15) is 14.3 Å². The van der Waals surface area contributed by atoms with Crippen molar-refractivity contribution in [3.05, 3.63) is 47.0 Å². The largest absolute Gasteiger partial charge is 0.395 e. The summed E-state index contributed by atoms with van der Waals surface area (Å²) in [6.07, 6.45) is 1.62. The second-order valence-corrected chi connectivity index (χ2v) is 6.54. The number of hydrogen-bond acceptors (Lipinski definition) is 3. The van der Waals surface area contributed by atoms with Crippen molar-refractivity contribution in [1.29, 1.82) is 0 Å².